The molecule has 0 heterocycles. The van der Waals surface area contributed by atoms with Crippen molar-refractivity contribution in [3.05, 3.63) is 23.8 Å². The molecule has 1 aromatic carbocycles. The summed E-state index contributed by atoms with van der Waals surface area (Å²) < 4.78 is 31.6. The molecule has 0 fully saturated rings. The van der Waals surface area contributed by atoms with Gasteiger partial charge in [0.25, 0.3) is 0 Å². The van der Waals surface area contributed by atoms with Crippen LogP contribution in [0.1, 0.15) is 87.1 Å². The molecule has 0 amide bonds. The standard InChI is InChI=1S/C31H49NO11/c1-18(2)13-14-38-27(35)41-20(4)19(3)24(25(32)26(33)34)21-11-12-22(42-28(36)39-16-30(5,6)7)23(15-21)43-29(37)40-17-31(8,9)10/h11-12,15,18-20,24-25H,13-14,16-17,32H2,1-10H3,(H,33,34)/t19?,20?,24?,25-/m0/s1. The van der Waals surface area contributed by atoms with Crippen LogP contribution in [-0.2, 0) is 23.7 Å². The van der Waals surface area contributed by atoms with Crippen LogP contribution in [0.4, 0.5) is 14.4 Å². The molecule has 0 bridgehead atoms. The van der Waals surface area contributed by atoms with E-state index >= 15 is 0 Å². The summed E-state index contributed by atoms with van der Waals surface area (Å²) in [5.74, 6) is -2.94. The Morgan fingerprint density at radius 3 is 1.77 bits per heavy atom. The average Bonchev–Trinajstić information content (AvgIpc) is 2.86. The fourth-order valence-corrected chi connectivity index (χ4v) is 3.64. The van der Waals surface area contributed by atoms with Crippen LogP contribution >= 0.6 is 0 Å². The number of carboxylic acids is 1. The first-order chi connectivity index (χ1) is 19.7. The molecule has 43 heavy (non-hydrogen) atoms. The number of aliphatic carboxylic acids is 1. The van der Waals surface area contributed by atoms with Crippen molar-refractivity contribution < 1.29 is 52.7 Å². The lowest BCUT2D eigenvalue weighted by molar-refractivity contribution is -0.139. The number of rotatable bonds is 13. The van der Waals surface area contributed by atoms with E-state index in [1.807, 2.05) is 55.4 Å². The summed E-state index contributed by atoms with van der Waals surface area (Å²) in [6.07, 6.45) is -3.13. The van der Waals surface area contributed by atoms with Gasteiger partial charge in [-0.2, -0.15) is 0 Å². The van der Waals surface area contributed by atoms with E-state index in [9.17, 15) is 24.3 Å². The monoisotopic (exact) mass is 611 g/mol. The van der Waals surface area contributed by atoms with E-state index in [4.69, 9.17) is 34.2 Å². The van der Waals surface area contributed by atoms with Crippen molar-refractivity contribution in [1.82, 2.24) is 0 Å². The van der Waals surface area contributed by atoms with Crippen molar-refractivity contribution >= 4 is 24.4 Å². The predicted molar refractivity (Wildman–Crippen MR) is 158 cm³/mol. The van der Waals surface area contributed by atoms with Gasteiger partial charge in [0.15, 0.2) is 11.5 Å². The number of ether oxygens (including phenoxy) is 6. The molecule has 244 valence electrons. The Morgan fingerprint density at radius 2 is 1.30 bits per heavy atom. The van der Waals surface area contributed by atoms with Crippen molar-refractivity contribution in [1.29, 1.82) is 0 Å². The molecule has 0 radical (unpaired) electrons. The van der Waals surface area contributed by atoms with Crippen LogP contribution in [-0.4, -0.2) is 61.5 Å². The molecular formula is C31H49NO11. The number of carbonyl (C=O) groups excluding carboxylic acids is 3. The fourth-order valence-electron chi connectivity index (χ4n) is 3.64. The van der Waals surface area contributed by atoms with E-state index in [1.165, 1.54) is 18.2 Å². The lowest BCUT2D eigenvalue weighted by atomic mass is 9.79. The zero-order valence-electron chi connectivity index (χ0n) is 27.1. The van der Waals surface area contributed by atoms with Gasteiger partial charge in [0.2, 0.25) is 0 Å². The Hall–Kier alpha value is -3.54. The summed E-state index contributed by atoms with van der Waals surface area (Å²) in [5.41, 5.74) is 5.76. The predicted octanol–water partition coefficient (Wildman–Crippen LogP) is 6.53. The van der Waals surface area contributed by atoms with Crippen LogP contribution in [0.2, 0.25) is 0 Å². The Bertz CT molecular complexity index is 1090. The van der Waals surface area contributed by atoms with Crippen LogP contribution in [0.3, 0.4) is 0 Å². The van der Waals surface area contributed by atoms with Crippen molar-refractivity contribution in [3.63, 3.8) is 0 Å². The van der Waals surface area contributed by atoms with Gasteiger partial charge < -0.3 is 39.3 Å². The highest BCUT2D eigenvalue weighted by atomic mass is 16.7. The number of carbonyl (C=O) groups is 4. The second-order valence-electron chi connectivity index (χ2n) is 13.5. The van der Waals surface area contributed by atoms with Crippen LogP contribution < -0.4 is 15.2 Å². The maximum Gasteiger partial charge on any atom is 0.513 e. The molecule has 0 aliphatic heterocycles. The fraction of sp³-hybridized carbons (Fsp3) is 0.677. The van der Waals surface area contributed by atoms with E-state index < -0.39 is 48.4 Å². The largest absolute Gasteiger partial charge is 0.513 e. The molecule has 0 saturated carbocycles. The minimum Gasteiger partial charge on any atom is -0.480 e. The normalized spacial score (nSPS) is 14.6. The Morgan fingerprint density at radius 1 is 0.791 bits per heavy atom. The first-order valence-electron chi connectivity index (χ1n) is 14.3. The van der Waals surface area contributed by atoms with Gasteiger partial charge in [0.1, 0.15) is 12.1 Å². The van der Waals surface area contributed by atoms with Crippen LogP contribution in [0.25, 0.3) is 0 Å². The van der Waals surface area contributed by atoms with Gasteiger partial charge in [-0.15, -0.1) is 0 Å². The van der Waals surface area contributed by atoms with E-state index in [2.05, 4.69) is 0 Å². The molecular weight excluding hydrogens is 562 g/mol. The summed E-state index contributed by atoms with van der Waals surface area (Å²) in [6, 6.07) is 2.71. The van der Waals surface area contributed by atoms with Crippen LogP contribution in [0, 0.1) is 22.7 Å². The second kappa shape index (κ2) is 16.3. The van der Waals surface area contributed by atoms with Crippen molar-refractivity contribution in [3.8, 4) is 11.5 Å². The van der Waals surface area contributed by atoms with E-state index in [0.717, 1.165) is 0 Å². The molecule has 0 aromatic heterocycles. The molecule has 0 aliphatic rings. The molecule has 12 nitrogen and oxygen atoms in total. The maximum absolute atomic E-state index is 12.6. The zero-order valence-corrected chi connectivity index (χ0v) is 27.1. The number of benzene rings is 1. The van der Waals surface area contributed by atoms with Crippen LogP contribution in [0.15, 0.2) is 18.2 Å². The molecule has 0 aliphatic carbocycles. The minimum absolute atomic E-state index is 0.0427. The highest BCUT2D eigenvalue weighted by Gasteiger charge is 2.36. The summed E-state index contributed by atoms with van der Waals surface area (Å²) in [7, 11) is 0. The smallest absolute Gasteiger partial charge is 0.480 e. The average molecular weight is 612 g/mol. The molecule has 1 rings (SSSR count). The summed E-state index contributed by atoms with van der Waals surface area (Å²) in [4.78, 5) is 49.2. The molecule has 3 N–H and O–H groups in total. The van der Waals surface area contributed by atoms with Gasteiger partial charge in [-0.1, -0.05) is 68.4 Å². The quantitative estimate of drug-likeness (QED) is 0.141. The Labute approximate surface area is 254 Å². The number of hydrogen-bond donors (Lipinski definition) is 2. The lowest BCUT2D eigenvalue weighted by Gasteiger charge is -2.31. The third-order valence-electron chi connectivity index (χ3n) is 6.16. The van der Waals surface area contributed by atoms with Crippen molar-refractivity contribution in [2.75, 3.05) is 19.8 Å². The van der Waals surface area contributed by atoms with Gasteiger partial charge in [0, 0.05) is 11.8 Å². The first-order valence-corrected chi connectivity index (χ1v) is 14.3. The molecule has 12 heteroatoms. The SMILES string of the molecule is CC(C)CCOC(=O)OC(C)C(C)C(c1ccc(OC(=O)OCC(C)(C)C)c(OC(=O)OCC(C)(C)C)c1)[C@H](N)C(=O)O. The van der Waals surface area contributed by atoms with Crippen molar-refractivity contribution in [2.24, 2.45) is 28.4 Å². The summed E-state index contributed by atoms with van der Waals surface area (Å²) in [5, 5.41) is 9.80. The van der Waals surface area contributed by atoms with Crippen molar-refractivity contribution in [2.45, 2.75) is 93.7 Å². The van der Waals surface area contributed by atoms with Gasteiger partial charge >= 0.3 is 24.4 Å². The molecule has 0 saturated heterocycles. The Balaban J connectivity index is 3.37. The van der Waals surface area contributed by atoms with Gasteiger partial charge in [-0.25, -0.2) is 14.4 Å². The number of carboxylic acid groups (broad SMARTS) is 1. The van der Waals surface area contributed by atoms with Gasteiger partial charge in [-0.05, 0) is 47.8 Å². The molecule has 0 spiro atoms. The minimum atomic E-state index is -1.44. The number of hydrogen-bond acceptors (Lipinski definition) is 11. The highest BCUT2D eigenvalue weighted by molar-refractivity contribution is 5.75. The maximum atomic E-state index is 12.6. The van der Waals surface area contributed by atoms with Gasteiger partial charge in [-0.3, -0.25) is 4.79 Å². The topological polar surface area (TPSA) is 170 Å². The van der Waals surface area contributed by atoms with E-state index in [-0.39, 0.29) is 42.1 Å². The lowest BCUT2D eigenvalue weighted by Crippen LogP contribution is -2.42. The zero-order chi connectivity index (χ0) is 33.1. The van der Waals surface area contributed by atoms with Crippen LogP contribution in [0.5, 0.6) is 11.5 Å². The molecule has 3 unspecified atom stereocenters. The summed E-state index contributed by atoms with van der Waals surface area (Å²) >= 11 is 0. The molecule has 4 atom stereocenters. The Kier molecular flexibility index (Phi) is 14.2. The molecule has 1 aromatic rings. The van der Waals surface area contributed by atoms with Gasteiger partial charge in [0.05, 0.1) is 19.8 Å². The second-order valence-corrected chi connectivity index (χ2v) is 13.5. The van der Waals surface area contributed by atoms with E-state index in [1.54, 1.807) is 13.8 Å². The third kappa shape index (κ3) is 14.5. The highest BCUT2D eigenvalue weighted by Crippen LogP contribution is 2.37. The third-order valence-corrected chi connectivity index (χ3v) is 6.16. The summed E-state index contributed by atoms with van der Waals surface area (Å²) in [6.45, 7) is 18.8. The number of nitrogens with two attached hydrogens (primary N) is 1. The first kappa shape index (κ1) is 37.5. The van der Waals surface area contributed by atoms with E-state index in [0.29, 0.717) is 17.9 Å².